The zero-order valence-electron chi connectivity index (χ0n) is 13.9. The Morgan fingerprint density at radius 1 is 1.16 bits per heavy atom. The number of ether oxygens (including phenoxy) is 1. The van der Waals surface area contributed by atoms with Crippen LogP contribution in [0.4, 0.5) is 0 Å². The van der Waals surface area contributed by atoms with E-state index < -0.39 is 11.2 Å². The van der Waals surface area contributed by atoms with Crippen molar-refractivity contribution in [2.24, 2.45) is 5.73 Å². The van der Waals surface area contributed by atoms with Crippen molar-refractivity contribution in [3.8, 4) is 22.8 Å². The summed E-state index contributed by atoms with van der Waals surface area (Å²) in [6, 6.07) is 17.4. The lowest BCUT2D eigenvalue weighted by Gasteiger charge is -2.12. The zero-order valence-corrected chi connectivity index (χ0v) is 14.7. The van der Waals surface area contributed by atoms with Crippen LogP contribution in [0, 0.1) is 0 Å². The molecule has 7 heteroatoms. The molecule has 0 aliphatic carbocycles. The van der Waals surface area contributed by atoms with Crippen LogP contribution in [-0.2, 0) is 4.79 Å². The maximum absolute atomic E-state index is 11.4. The maximum Gasteiger partial charge on any atom is 0.230 e. The number of benzene rings is 2. The summed E-state index contributed by atoms with van der Waals surface area (Å²) >= 11 is 1.28. The number of aromatic nitrogens is 3. The molecule has 0 radical (unpaired) electrons. The first-order valence-corrected chi connectivity index (χ1v) is 8.59. The molecule has 1 amide bonds. The number of hydrogen-bond donors (Lipinski definition) is 1. The minimum atomic E-state index is -0.412. The summed E-state index contributed by atoms with van der Waals surface area (Å²) in [4.78, 5) is 11.4. The maximum atomic E-state index is 11.4. The van der Waals surface area contributed by atoms with E-state index >= 15 is 0 Å². The highest BCUT2D eigenvalue weighted by molar-refractivity contribution is 8.00. The number of methoxy groups -OCH3 is 1. The summed E-state index contributed by atoms with van der Waals surface area (Å²) in [7, 11) is 1.62. The second kappa shape index (κ2) is 7.40. The first-order chi connectivity index (χ1) is 12.1. The standard InChI is InChI=1S/C18H18N4O2S/c1-12(16(19)23)25-18-21-20-17(13-7-6-10-15(11-13)24-2)22(18)14-8-4-3-5-9-14/h3-12H,1-2H3,(H2,19,23). The van der Waals surface area contributed by atoms with Gasteiger partial charge in [0.25, 0.3) is 0 Å². The van der Waals surface area contributed by atoms with Crippen molar-refractivity contribution in [3.05, 3.63) is 54.6 Å². The summed E-state index contributed by atoms with van der Waals surface area (Å²) in [5.74, 6) is 1.01. The van der Waals surface area contributed by atoms with Gasteiger partial charge in [-0.3, -0.25) is 9.36 Å². The van der Waals surface area contributed by atoms with Gasteiger partial charge in [-0.05, 0) is 31.2 Å². The van der Waals surface area contributed by atoms with Gasteiger partial charge < -0.3 is 10.5 Å². The lowest BCUT2D eigenvalue weighted by Crippen LogP contribution is -2.23. The quantitative estimate of drug-likeness (QED) is 0.688. The monoisotopic (exact) mass is 354 g/mol. The molecule has 3 aromatic rings. The third kappa shape index (κ3) is 3.66. The fraction of sp³-hybridized carbons (Fsp3) is 0.167. The number of para-hydroxylation sites is 1. The number of carbonyl (C=O) groups is 1. The molecular formula is C18H18N4O2S. The number of nitrogens with zero attached hydrogens (tertiary/aromatic N) is 3. The van der Waals surface area contributed by atoms with Crippen molar-refractivity contribution in [3.63, 3.8) is 0 Å². The molecule has 1 unspecified atom stereocenters. The van der Waals surface area contributed by atoms with Crippen LogP contribution in [0.3, 0.4) is 0 Å². The van der Waals surface area contributed by atoms with Gasteiger partial charge in [-0.2, -0.15) is 0 Å². The van der Waals surface area contributed by atoms with Crippen molar-refractivity contribution >= 4 is 17.7 Å². The lowest BCUT2D eigenvalue weighted by atomic mass is 10.2. The van der Waals surface area contributed by atoms with Crippen LogP contribution in [0.2, 0.25) is 0 Å². The van der Waals surface area contributed by atoms with Crippen LogP contribution < -0.4 is 10.5 Å². The number of primary amides is 1. The highest BCUT2D eigenvalue weighted by Crippen LogP contribution is 2.31. The van der Waals surface area contributed by atoms with Crippen LogP contribution in [-0.4, -0.2) is 33.0 Å². The highest BCUT2D eigenvalue weighted by Gasteiger charge is 2.20. The van der Waals surface area contributed by atoms with Crippen molar-refractivity contribution in [2.45, 2.75) is 17.3 Å². The van der Waals surface area contributed by atoms with Gasteiger partial charge in [-0.15, -0.1) is 10.2 Å². The lowest BCUT2D eigenvalue weighted by molar-refractivity contribution is -0.117. The van der Waals surface area contributed by atoms with Gasteiger partial charge in [-0.25, -0.2) is 0 Å². The predicted molar refractivity (Wildman–Crippen MR) is 97.9 cm³/mol. The molecule has 1 aromatic heterocycles. The normalized spacial score (nSPS) is 11.9. The fourth-order valence-corrected chi connectivity index (χ4v) is 3.14. The average Bonchev–Trinajstić information content (AvgIpc) is 3.06. The summed E-state index contributed by atoms with van der Waals surface area (Å²) < 4.78 is 7.22. The fourth-order valence-electron chi connectivity index (χ4n) is 2.32. The molecule has 0 spiro atoms. The SMILES string of the molecule is COc1cccc(-c2nnc(SC(C)C(N)=O)n2-c2ccccc2)c1. The zero-order chi connectivity index (χ0) is 17.8. The van der Waals surface area contributed by atoms with E-state index in [1.807, 2.05) is 59.2 Å². The molecule has 1 heterocycles. The second-order valence-corrected chi connectivity index (χ2v) is 6.68. The molecule has 25 heavy (non-hydrogen) atoms. The molecule has 2 aromatic carbocycles. The smallest absolute Gasteiger partial charge is 0.230 e. The van der Waals surface area contributed by atoms with Crippen LogP contribution in [0.5, 0.6) is 5.75 Å². The van der Waals surface area contributed by atoms with Gasteiger partial charge in [0.15, 0.2) is 11.0 Å². The molecule has 128 valence electrons. The minimum absolute atomic E-state index is 0.393. The van der Waals surface area contributed by atoms with Gasteiger partial charge in [0, 0.05) is 11.3 Å². The van der Waals surface area contributed by atoms with Gasteiger partial charge >= 0.3 is 0 Å². The molecule has 0 bridgehead atoms. The Labute approximate surface area is 150 Å². The van der Waals surface area contributed by atoms with Crippen LogP contribution >= 0.6 is 11.8 Å². The first-order valence-electron chi connectivity index (χ1n) is 7.71. The number of nitrogens with two attached hydrogens (primary N) is 1. The first kappa shape index (κ1) is 17.0. The van der Waals surface area contributed by atoms with Crippen LogP contribution in [0.1, 0.15) is 6.92 Å². The van der Waals surface area contributed by atoms with Crippen molar-refractivity contribution < 1.29 is 9.53 Å². The van der Waals surface area contributed by atoms with E-state index in [9.17, 15) is 4.79 Å². The predicted octanol–water partition coefficient (Wildman–Crippen LogP) is 2.91. The molecule has 0 aliphatic heterocycles. The summed E-state index contributed by atoms with van der Waals surface area (Å²) in [6.07, 6.45) is 0. The van der Waals surface area contributed by atoms with E-state index in [4.69, 9.17) is 10.5 Å². The van der Waals surface area contributed by atoms with E-state index in [0.29, 0.717) is 11.0 Å². The molecular weight excluding hydrogens is 336 g/mol. The van der Waals surface area contributed by atoms with E-state index in [0.717, 1.165) is 17.0 Å². The minimum Gasteiger partial charge on any atom is -0.497 e. The van der Waals surface area contributed by atoms with Crippen LogP contribution in [0.15, 0.2) is 59.8 Å². The summed E-state index contributed by atoms with van der Waals surface area (Å²) in [5, 5.41) is 8.80. The number of amides is 1. The topological polar surface area (TPSA) is 83.0 Å². The van der Waals surface area contributed by atoms with Crippen LogP contribution in [0.25, 0.3) is 17.1 Å². The Bertz CT molecular complexity index is 880. The molecule has 0 aliphatic rings. The molecule has 0 fully saturated rings. The van der Waals surface area contributed by atoms with E-state index in [1.165, 1.54) is 11.8 Å². The van der Waals surface area contributed by atoms with E-state index in [-0.39, 0.29) is 0 Å². The number of hydrogen-bond acceptors (Lipinski definition) is 5. The molecule has 2 N–H and O–H groups in total. The summed E-state index contributed by atoms with van der Waals surface area (Å²) in [5.41, 5.74) is 7.17. The molecule has 1 atom stereocenters. The summed E-state index contributed by atoms with van der Waals surface area (Å²) in [6.45, 7) is 1.75. The van der Waals surface area contributed by atoms with E-state index in [1.54, 1.807) is 14.0 Å². The Kier molecular flexibility index (Phi) is 5.04. The van der Waals surface area contributed by atoms with Crippen molar-refractivity contribution in [1.82, 2.24) is 14.8 Å². The number of carbonyl (C=O) groups excluding carboxylic acids is 1. The molecule has 3 rings (SSSR count). The highest BCUT2D eigenvalue weighted by atomic mass is 32.2. The van der Waals surface area contributed by atoms with Crippen molar-refractivity contribution in [2.75, 3.05) is 7.11 Å². The molecule has 0 saturated carbocycles. The Hall–Kier alpha value is -2.80. The van der Waals surface area contributed by atoms with Gasteiger partial charge in [-0.1, -0.05) is 42.1 Å². The molecule has 6 nitrogen and oxygen atoms in total. The Morgan fingerprint density at radius 3 is 2.60 bits per heavy atom. The Balaban J connectivity index is 2.12. The average molecular weight is 354 g/mol. The van der Waals surface area contributed by atoms with Gasteiger partial charge in [0.05, 0.1) is 12.4 Å². The third-order valence-electron chi connectivity index (χ3n) is 3.66. The van der Waals surface area contributed by atoms with Gasteiger partial charge in [0.2, 0.25) is 5.91 Å². The number of thioether (sulfide) groups is 1. The molecule has 0 saturated heterocycles. The Morgan fingerprint density at radius 2 is 1.92 bits per heavy atom. The number of rotatable bonds is 6. The second-order valence-electron chi connectivity index (χ2n) is 5.37. The van der Waals surface area contributed by atoms with Crippen molar-refractivity contribution in [1.29, 1.82) is 0 Å². The van der Waals surface area contributed by atoms with E-state index in [2.05, 4.69) is 10.2 Å². The third-order valence-corrected chi connectivity index (χ3v) is 4.72. The largest absolute Gasteiger partial charge is 0.497 e. The van der Waals surface area contributed by atoms with Gasteiger partial charge in [0.1, 0.15) is 5.75 Å².